The van der Waals surface area contributed by atoms with Crippen molar-refractivity contribution < 1.29 is 14.3 Å². The van der Waals surface area contributed by atoms with Gasteiger partial charge in [0.15, 0.2) is 0 Å². The zero-order valence-corrected chi connectivity index (χ0v) is 21.7. The Hall–Kier alpha value is -3.44. The average Bonchev–Trinajstić information content (AvgIpc) is 3.18. The fourth-order valence-electron chi connectivity index (χ4n) is 3.73. The van der Waals surface area contributed by atoms with Gasteiger partial charge >= 0.3 is 0 Å². The number of thioether (sulfide) groups is 1. The molecule has 1 aliphatic rings. The molecule has 2 amide bonds. The van der Waals surface area contributed by atoms with E-state index in [0.717, 1.165) is 11.1 Å². The number of para-hydroxylation sites is 1. The number of benzene rings is 3. The quantitative estimate of drug-likeness (QED) is 0.291. The summed E-state index contributed by atoms with van der Waals surface area (Å²) in [6.45, 7) is 1.86. The molecule has 0 aliphatic carbocycles. The van der Waals surface area contributed by atoms with Gasteiger partial charge in [-0.1, -0.05) is 59.2 Å². The predicted octanol–water partition coefficient (Wildman–Crippen LogP) is 6.38. The van der Waals surface area contributed by atoms with Crippen LogP contribution >= 0.6 is 35.0 Å². The molecule has 1 saturated heterocycles. The summed E-state index contributed by atoms with van der Waals surface area (Å²) in [7, 11) is 1.55. The highest BCUT2D eigenvalue weighted by atomic mass is 35.5. The molecule has 3 aromatic carbocycles. The second kappa shape index (κ2) is 11.1. The summed E-state index contributed by atoms with van der Waals surface area (Å²) in [6, 6.07) is 21.4. The number of ether oxygens (including phenoxy) is 1. The number of aryl methyl sites for hydroxylation is 1. The molecule has 6 nitrogen and oxygen atoms in total. The number of carbonyl (C=O) groups excluding carboxylic acids is 2. The van der Waals surface area contributed by atoms with Crippen LogP contribution in [0.2, 0.25) is 10.0 Å². The summed E-state index contributed by atoms with van der Waals surface area (Å²) in [5.41, 5.74) is 2.64. The van der Waals surface area contributed by atoms with Crippen molar-refractivity contribution in [2.24, 2.45) is 0 Å². The minimum Gasteiger partial charge on any atom is -0.497 e. The number of amides is 2. The van der Waals surface area contributed by atoms with E-state index >= 15 is 0 Å². The van der Waals surface area contributed by atoms with Crippen molar-refractivity contribution in [2.45, 2.75) is 18.6 Å². The monoisotopic (exact) mass is 537 g/mol. The van der Waals surface area contributed by atoms with Gasteiger partial charge in [-0.15, -0.1) is 0 Å². The smallest absolute Gasteiger partial charge is 0.269 e. The molecule has 0 radical (unpaired) electrons. The molecule has 1 aliphatic heterocycles. The largest absolute Gasteiger partial charge is 0.497 e. The molecule has 0 saturated carbocycles. The van der Waals surface area contributed by atoms with Crippen molar-refractivity contribution in [3.63, 3.8) is 0 Å². The van der Waals surface area contributed by atoms with Gasteiger partial charge < -0.3 is 10.1 Å². The van der Waals surface area contributed by atoms with Crippen molar-refractivity contribution in [1.29, 1.82) is 5.26 Å². The van der Waals surface area contributed by atoms with E-state index in [1.54, 1.807) is 61.7 Å². The van der Waals surface area contributed by atoms with E-state index in [0.29, 0.717) is 33.6 Å². The summed E-state index contributed by atoms with van der Waals surface area (Å²) in [5.74, 6) is -0.216. The van der Waals surface area contributed by atoms with Crippen LogP contribution in [0, 0.1) is 18.3 Å². The minimum atomic E-state index is -0.587. The van der Waals surface area contributed by atoms with Crippen molar-refractivity contribution in [3.05, 3.63) is 98.5 Å². The standard InChI is InChI=1S/C27H21Cl2N3O3S/c1-16-5-3-4-6-23(16)31-25(33)20(15-30)27-32(18-8-10-19(35-2)11-9-18)26(34)24(36-27)14-17-7-12-21(28)22(29)13-17/h3-13,24H,14H2,1-2H3,(H,31,33)/b27-20-. The number of hydrogen-bond acceptors (Lipinski definition) is 5. The Bertz CT molecular complexity index is 1400. The van der Waals surface area contributed by atoms with E-state index in [9.17, 15) is 14.9 Å². The Balaban J connectivity index is 1.74. The summed E-state index contributed by atoms with van der Waals surface area (Å²) < 4.78 is 5.23. The first-order chi connectivity index (χ1) is 17.3. The second-order valence-corrected chi connectivity index (χ2v) is 10.00. The number of nitrogens with one attached hydrogen (secondary N) is 1. The van der Waals surface area contributed by atoms with Crippen LogP contribution in [0.15, 0.2) is 77.3 Å². The third-order valence-electron chi connectivity index (χ3n) is 5.63. The Morgan fingerprint density at radius 2 is 1.83 bits per heavy atom. The molecule has 1 fully saturated rings. The van der Waals surface area contributed by atoms with Gasteiger partial charge in [0.2, 0.25) is 5.91 Å². The van der Waals surface area contributed by atoms with Crippen molar-refractivity contribution in [1.82, 2.24) is 0 Å². The Labute approximate surface area is 223 Å². The van der Waals surface area contributed by atoms with E-state index in [1.807, 2.05) is 25.1 Å². The highest BCUT2D eigenvalue weighted by molar-refractivity contribution is 8.05. The first-order valence-electron chi connectivity index (χ1n) is 10.9. The van der Waals surface area contributed by atoms with Crippen LogP contribution in [0.4, 0.5) is 11.4 Å². The highest BCUT2D eigenvalue weighted by Crippen LogP contribution is 2.42. The number of hydrogen-bond donors (Lipinski definition) is 1. The molecule has 0 spiro atoms. The second-order valence-electron chi connectivity index (χ2n) is 7.99. The molecule has 36 heavy (non-hydrogen) atoms. The summed E-state index contributed by atoms with van der Waals surface area (Å²) in [4.78, 5) is 28.3. The normalized spacial score (nSPS) is 16.5. The van der Waals surface area contributed by atoms with Crippen LogP contribution in [0.1, 0.15) is 11.1 Å². The number of nitriles is 1. The molecule has 1 unspecified atom stereocenters. The van der Waals surface area contributed by atoms with Gasteiger partial charge in [0, 0.05) is 11.4 Å². The van der Waals surface area contributed by atoms with Gasteiger partial charge in [0.1, 0.15) is 22.4 Å². The maximum Gasteiger partial charge on any atom is 0.269 e. The lowest BCUT2D eigenvalue weighted by Gasteiger charge is -2.19. The fourth-order valence-corrected chi connectivity index (χ4v) is 5.36. The van der Waals surface area contributed by atoms with Crippen molar-refractivity contribution >= 4 is 58.2 Å². The van der Waals surface area contributed by atoms with Crippen LogP contribution in [-0.2, 0) is 16.0 Å². The molecule has 4 rings (SSSR count). The van der Waals surface area contributed by atoms with Crippen molar-refractivity contribution in [2.75, 3.05) is 17.3 Å². The van der Waals surface area contributed by atoms with Gasteiger partial charge in [-0.05, 0) is 66.9 Å². The summed E-state index contributed by atoms with van der Waals surface area (Å²) in [6.07, 6.45) is 0.342. The maximum absolute atomic E-state index is 13.6. The molecule has 0 aromatic heterocycles. The number of carbonyl (C=O) groups is 2. The lowest BCUT2D eigenvalue weighted by Crippen LogP contribution is -2.31. The Morgan fingerprint density at radius 3 is 2.47 bits per heavy atom. The van der Waals surface area contributed by atoms with Gasteiger partial charge in [0.05, 0.1) is 22.4 Å². The molecular formula is C27H21Cl2N3O3S. The first-order valence-corrected chi connectivity index (χ1v) is 12.6. The van der Waals surface area contributed by atoms with Gasteiger partial charge in [-0.2, -0.15) is 5.26 Å². The van der Waals surface area contributed by atoms with Crippen LogP contribution in [0.25, 0.3) is 0 Å². The lowest BCUT2D eigenvalue weighted by atomic mass is 10.1. The minimum absolute atomic E-state index is 0.149. The van der Waals surface area contributed by atoms with E-state index in [2.05, 4.69) is 5.32 Å². The third kappa shape index (κ3) is 5.36. The molecule has 1 N–H and O–H groups in total. The molecular weight excluding hydrogens is 517 g/mol. The SMILES string of the molecule is COc1ccc(N2C(=O)C(Cc3ccc(Cl)c(Cl)c3)S/C2=C(/C#N)C(=O)Nc2ccccc2C)cc1. The molecule has 9 heteroatoms. The van der Waals surface area contributed by atoms with Crippen LogP contribution in [0.3, 0.4) is 0 Å². The van der Waals surface area contributed by atoms with Gasteiger partial charge in [-0.25, -0.2) is 0 Å². The Morgan fingerprint density at radius 1 is 1.11 bits per heavy atom. The Kier molecular flexibility index (Phi) is 7.90. The fraction of sp³-hybridized carbons (Fsp3) is 0.148. The predicted molar refractivity (Wildman–Crippen MR) is 144 cm³/mol. The zero-order valence-electron chi connectivity index (χ0n) is 19.4. The molecule has 182 valence electrons. The van der Waals surface area contributed by atoms with E-state index < -0.39 is 11.2 Å². The molecule has 1 heterocycles. The number of nitrogens with zero attached hydrogens (tertiary/aromatic N) is 2. The first kappa shape index (κ1) is 25.6. The van der Waals surface area contributed by atoms with E-state index in [1.165, 1.54) is 16.7 Å². The molecule has 0 bridgehead atoms. The van der Waals surface area contributed by atoms with Crippen LogP contribution in [0.5, 0.6) is 5.75 Å². The van der Waals surface area contributed by atoms with E-state index in [4.69, 9.17) is 27.9 Å². The number of methoxy groups -OCH3 is 1. The highest BCUT2D eigenvalue weighted by Gasteiger charge is 2.41. The number of rotatable bonds is 6. The van der Waals surface area contributed by atoms with Gasteiger partial charge in [-0.3, -0.25) is 14.5 Å². The number of anilines is 2. The van der Waals surface area contributed by atoms with Crippen LogP contribution < -0.4 is 15.0 Å². The van der Waals surface area contributed by atoms with Crippen LogP contribution in [-0.4, -0.2) is 24.2 Å². The molecule has 1 atom stereocenters. The summed E-state index contributed by atoms with van der Waals surface area (Å²) >= 11 is 13.4. The average molecular weight is 538 g/mol. The lowest BCUT2D eigenvalue weighted by molar-refractivity contribution is -0.117. The maximum atomic E-state index is 13.6. The zero-order chi connectivity index (χ0) is 25.8. The third-order valence-corrected chi connectivity index (χ3v) is 7.64. The molecule has 3 aromatic rings. The number of halogens is 2. The topological polar surface area (TPSA) is 82.4 Å². The van der Waals surface area contributed by atoms with Gasteiger partial charge in [0.25, 0.3) is 5.91 Å². The van der Waals surface area contributed by atoms with Crippen molar-refractivity contribution in [3.8, 4) is 11.8 Å². The summed E-state index contributed by atoms with van der Waals surface area (Å²) in [5, 5.41) is 13.3. The van der Waals surface area contributed by atoms with E-state index in [-0.39, 0.29) is 16.5 Å².